The van der Waals surface area contributed by atoms with Crippen LogP contribution in [0.2, 0.25) is 0 Å². The topological polar surface area (TPSA) is 56.5 Å². The molecule has 0 amide bonds. The maximum absolute atomic E-state index is 11.3. The van der Waals surface area contributed by atoms with E-state index in [4.69, 9.17) is 0 Å². The molecule has 0 N–H and O–H groups in total. The summed E-state index contributed by atoms with van der Waals surface area (Å²) in [6.45, 7) is 0. The summed E-state index contributed by atoms with van der Waals surface area (Å²) in [5.41, 5.74) is 1.50. The van der Waals surface area contributed by atoms with Crippen molar-refractivity contribution in [3.8, 4) is 0 Å². The molecular weight excluding hydrogens is 206 g/mol. The summed E-state index contributed by atoms with van der Waals surface area (Å²) in [4.78, 5) is 19.6. The van der Waals surface area contributed by atoms with Crippen molar-refractivity contribution in [2.24, 2.45) is 0 Å². The molecule has 5 heteroatoms. The SMILES string of the molecule is COC(=O)c1cn2cc(C3CC3)cnc2n1. The van der Waals surface area contributed by atoms with Crippen LogP contribution in [-0.2, 0) is 4.74 Å². The van der Waals surface area contributed by atoms with E-state index in [1.54, 1.807) is 10.6 Å². The summed E-state index contributed by atoms with van der Waals surface area (Å²) >= 11 is 0. The Bertz CT molecular complexity index is 557. The van der Waals surface area contributed by atoms with Crippen molar-refractivity contribution >= 4 is 11.7 Å². The third-order valence-corrected chi connectivity index (χ3v) is 2.77. The average molecular weight is 217 g/mol. The third kappa shape index (κ3) is 1.44. The number of carbonyl (C=O) groups is 1. The number of ether oxygens (including phenoxy) is 1. The molecule has 0 atom stereocenters. The minimum Gasteiger partial charge on any atom is -0.464 e. The number of methoxy groups -OCH3 is 1. The smallest absolute Gasteiger partial charge is 0.358 e. The fraction of sp³-hybridized carbons (Fsp3) is 0.364. The predicted octanol–water partition coefficient (Wildman–Crippen LogP) is 1.39. The van der Waals surface area contributed by atoms with E-state index in [2.05, 4.69) is 14.7 Å². The zero-order valence-corrected chi connectivity index (χ0v) is 8.88. The number of esters is 1. The Morgan fingerprint density at radius 1 is 1.50 bits per heavy atom. The van der Waals surface area contributed by atoms with Crippen molar-refractivity contribution in [2.75, 3.05) is 7.11 Å². The van der Waals surface area contributed by atoms with Gasteiger partial charge in [-0.1, -0.05) is 0 Å². The number of imidazole rings is 1. The summed E-state index contributed by atoms with van der Waals surface area (Å²) in [5, 5.41) is 0. The normalized spacial score (nSPS) is 15.3. The second kappa shape index (κ2) is 3.30. The van der Waals surface area contributed by atoms with Crippen molar-refractivity contribution in [3.05, 3.63) is 29.8 Å². The first-order valence-corrected chi connectivity index (χ1v) is 5.21. The van der Waals surface area contributed by atoms with E-state index in [0.29, 0.717) is 17.4 Å². The highest BCUT2D eigenvalue weighted by molar-refractivity contribution is 5.87. The molecule has 1 aliphatic carbocycles. The van der Waals surface area contributed by atoms with Gasteiger partial charge < -0.3 is 4.74 Å². The van der Waals surface area contributed by atoms with Crippen LogP contribution in [0.3, 0.4) is 0 Å². The van der Waals surface area contributed by atoms with Gasteiger partial charge in [0.05, 0.1) is 7.11 Å². The Morgan fingerprint density at radius 2 is 2.31 bits per heavy atom. The molecule has 0 bridgehead atoms. The van der Waals surface area contributed by atoms with Crippen LogP contribution in [0.1, 0.15) is 34.8 Å². The first-order chi connectivity index (χ1) is 7.78. The lowest BCUT2D eigenvalue weighted by atomic mass is 10.2. The standard InChI is InChI=1S/C11H11N3O2/c1-16-10(15)9-6-14-5-8(7-2-3-7)4-12-11(14)13-9/h4-7H,2-3H2,1H3. The van der Waals surface area contributed by atoms with Gasteiger partial charge in [0, 0.05) is 18.6 Å². The summed E-state index contributed by atoms with van der Waals surface area (Å²) in [6, 6.07) is 0. The molecule has 0 radical (unpaired) electrons. The fourth-order valence-electron chi connectivity index (χ4n) is 1.73. The second-order valence-electron chi connectivity index (χ2n) is 3.99. The van der Waals surface area contributed by atoms with Gasteiger partial charge in [-0.15, -0.1) is 0 Å². The number of carbonyl (C=O) groups excluding carboxylic acids is 1. The predicted molar refractivity (Wildman–Crippen MR) is 56.3 cm³/mol. The Morgan fingerprint density at radius 3 is 3.00 bits per heavy atom. The van der Waals surface area contributed by atoms with E-state index in [9.17, 15) is 4.79 Å². The van der Waals surface area contributed by atoms with Gasteiger partial charge in [-0.2, -0.15) is 0 Å². The van der Waals surface area contributed by atoms with E-state index >= 15 is 0 Å². The first-order valence-electron chi connectivity index (χ1n) is 5.21. The van der Waals surface area contributed by atoms with Crippen molar-refractivity contribution in [2.45, 2.75) is 18.8 Å². The summed E-state index contributed by atoms with van der Waals surface area (Å²) in [6.07, 6.45) is 7.93. The largest absolute Gasteiger partial charge is 0.464 e. The van der Waals surface area contributed by atoms with Crippen molar-refractivity contribution in [3.63, 3.8) is 0 Å². The molecule has 2 heterocycles. The van der Waals surface area contributed by atoms with Crippen LogP contribution >= 0.6 is 0 Å². The molecule has 0 spiro atoms. The number of fused-ring (bicyclic) bond motifs is 1. The number of rotatable bonds is 2. The zero-order valence-electron chi connectivity index (χ0n) is 8.88. The lowest BCUT2D eigenvalue weighted by molar-refractivity contribution is 0.0595. The van der Waals surface area contributed by atoms with Crippen molar-refractivity contribution < 1.29 is 9.53 Å². The minimum atomic E-state index is -0.432. The van der Waals surface area contributed by atoms with E-state index < -0.39 is 5.97 Å². The maximum Gasteiger partial charge on any atom is 0.358 e. The highest BCUT2D eigenvalue weighted by atomic mass is 16.5. The first kappa shape index (κ1) is 9.33. The lowest BCUT2D eigenvalue weighted by Gasteiger charge is -1.97. The minimum absolute atomic E-state index is 0.294. The van der Waals surface area contributed by atoms with Gasteiger partial charge in [-0.05, 0) is 24.3 Å². The lowest BCUT2D eigenvalue weighted by Crippen LogP contribution is -2.00. The van der Waals surface area contributed by atoms with E-state index in [-0.39, 0.29) is 0 Å². The number of hydrogen-bond acceptors (Lipinski definition) is 4. The van der Waals surface area contributed by atoms with Gasteiger partial charge >= 0.3 is 5.97 Å². The molecule has 0 saturated heterocycles. The van der Waals surface area contributed by atoms with Crippen LogP contribution in [0.25, 0.3) is 5.78 Å². The molecule has 16 heavy (non-hydrogen) atoms. The zero-order chi connectivity index (χ0) is 11.1. The molecule has 82 valence electrons. The van der Waals surface area contributed by atoms with E-state index in [0.717, 1.165) is 0 Å². The molecule has 5 nitrogen and oxygen atoms in total. The van der Waals surface area contributed by atoms with Crippen LogP contribution in [0, 0.1) is 0 Å². The van der Waals surface area contributed by atoms with Crippen LogP contribution in [0.4, 0.5) is 0 Å². The molecule has 1 saturated carbocycles. The monoisotopic (exact) mass is 217 g/mol. The Balaban J connectivity index is 2.06. The number of nitrogens with zero attached hydrogens (tertiary/aromatic N) is 3. The number of hydrogen-bond donors (Lipinski definition) is 0. The van der Waals surface area contributed by atoms with Gasteiger partial charge in [-0.25, -0.2) is 14.8 Å². The van der Waals surface area contributed by atoms with Crippen molar-refractivity contribution in [1.29, 1.82) is 0 Å². The molecule has 0 unspecified atom stereocenters. The molecule has 3 rings (SSSR count). The summed E-state index contributed by atoms with van der Waals surface area (Å²) in [5.74, 6) is 0.740. The van der Waals surface area contributed by atoms with E-state index in [1.807, 2.05) is 12.4 Å². The van der Waals surface area contributed by atoms with Crippen LogP contribution in [0.15, 0.2) is 18.6 Å². The molecule has 2 aromatic heterocycles. The summed E-state index contributed by atoms with van der Waals surface area (Å²) in [7, 11) is 1.34. The molecular formula is C11H11N3O2. The van der Waals surface area contributed by atoms with Gasteiger partial charge in [-0.3, -0.25) is 4.40 Å². The Kier molecular flexibility index (Phi) is 1.92. The third-order valence-electron chi connectivity index (χ3n) is 2.77. The van der Waals surface area contributed by atoms with Crippen LogP contribution in [0.5, 0.6) is 0 Å². The van der Waals surface area contributed by atoms with Gasteiger partial charge in [0.15, 0.2) is 5.69 Å². The quantitative estimate of drug-likeness (QED) is 0.713. The van der Waals surface area contributed by atoms with Crippen LogP contribution < -0.4 is 0 Å². The molecule has 1 fully saturated rings. The highest BCUT2D eigenvalue weighted by Gasteiger charge is 2.24. The molecule has 0 aliphatic heterocycles. The van der Waals surface area contributed by atoms with Gasteiger partial charge in [0.2, 0.25) is 5.78 Å². The Hall–Kier alpha value is -1.91. The molecule has 0 aromatic carbocycles. The summed E-state index contributed by atoms with van der Waals surface area (Å²) < 4.78 is 6.39. The van der Waals surface area contributed by atoms with Crippen molar-refractivity contribution in [1.82, 2.24) is 14.4 Å². The average Bonchev–Trinajstić information content (AvgIpc) is 3.07. The molecule has 1 aliphatic rings. The Labute approximate surface area is 92.1 Å². The maximum atomic E-state index is 11.3. The fourth-order valence-corrected chi connectivity index (χ4v) is 1.73. The van der Waals surface area contributed by atoms with Crippen LogP contribution in [-0.4, -0.2) is 27.4 Å². The van der Waals surface area contributed by atoms with E-state index in [1.165, 1.54) is 25.5 Å². The number of aromatic nitrogens is 3. The second-order valence-corrected chi connectivity index (χ2v) is 3.99. The van der Waals surface area contributed by atoms with Gasteiger partial charge in [0.1, 0.15) is 0 Å². The van der Waals surface area contributed by atoms with Gasteiger partial charge in [0.25, 0.3) is 0 Å². The highest BCUT2D eigenvalue weighted by Crippen LogP contribution is 2.39. The molecule has 2 aromatic rings.